The topological polar surface area (TPSA) is 114 Å². The van der Waals surface area contributed by atoms with Crippen molar-refractivity contribution in [3.05, 3.63) is 35.9 Å². The van der Waals surface area contributed by atoms with E-state index < -0.39 is 18.2 Å². The lowest BCUT2D eigenvalue weighted by molar-refractivity contribution is -0.187. The Balaban J connectivity index is 1.79. The minimum absolute atomic E-state index is 0.0198. The first-order valence-corrected chi connectivity index (χ1v) is 12.5. The molecule has 10 nitrogen and oxygen atoms in total. The largest absolute Gasteiger partial charge is 0.481 e. The first-order valence-electron chi connectivity index (χ1n) is 12.5. The van der Waals surface area contributed by atoms with Crippen molar-refractivity contribution in [2.75, 3.05) is 26.7 Å². The third-order valence-electron chi connectivity index (χ3n) is 6.60. The van der Waals surface area contributed by atoms with Gasteiger partial charge in [0.15, 0.2) is 0 Å². The summed E-state index contributed by atoms with van der Waals surface area (Å²) < 4.78 is 0. The first-order chi connectivity index (χ1) is 16.8. The van der Waals surface area contributed by atoms with Gasteiger partial charge in [0.25, 0.3) is 0 Å². The summed E-state index contributed by atoms with van der Waals surface area (Å²) in [6.45, 7) is 3.12. The Morgan fingerprint density at radius 2 is 1.80 bits per heavy atom. The van der Waals surface area contributed by atoms with Crippen molar-refractivity contribution in [3.8, 4) is 0 Å². The zero-order chi connectivity index (χ0) is 25.4. The number of nitrogens with zero attached hydrogens (tertiary/aromatic N) is 4. The molecule has 1 unspecified atom stereocenters. The van der Waals surface area contributed by atoms with E-state index in [0.717, 1.165) is 37.7 Å². The van der Waals surface area contributed by atoms with Crippen molar-refractivity contribution in [2.45, 2.75) is 70.6 Å². The molecule has 2 fully saturated rings. The Hall–Kier alpha value is -3.14. The zero-order valence-electron chi connectivity index (χ0n) is 20.7. The van der Waals surface area contributed by atoms with Gasteiger partial charge in [0.2, 0.25) is 11.8 Å². The van der Waals surface area contributed by atoms with E-state index in [-0.39, 0.29) is 43.8 Å². The number of carbonyl (C=O) groups excluding carboxylic acids is 3. The lowest BCUT2D eigenvalue weighted by Gasteiger charge is -2.54. The van der Waals surface area contributed by atoms with Gasteiger partial charge in [0, 0.05) is 26.6 Å². The number of likely N-dealkylation sites (N-methyl/N-ethyl adjacent to an activating group) is 1. The van der Waals surface area contributed by atoms with Crippen LogP contribution in [-0.4, -0.2) is 87.6 Å². The molecular formula is C25H37N5O5. The minimum Gasteiger partial charge on any atom is -0.481 e. The maximum Gasteiger partial charge on any atom is 0.334 e. The molecule has 2 atom stereocenters. The van der Waals surface area contributed by atoms with Crippen LogP contribution in [0.1, 0.15) is 57.4 Å². The molecule has 0 spiro atoms. The number of benzene rings is 1. The van der Waals surface area contributed by atoms with Crippen LogP contribution < -0.4 is 5.32 Å². The molecule has 1 aromatic rings. The molecule has 10 heteroatoms. The van der Waals surface area contributed by atoms with Gasteiger partial charge in [-0.1, -0.05) is 62.9 Å². The second-order valence-corrected chi connectivity index (χ2v) is 9.23. The van der Waals surface area contributed by atoms with Gasteiger partial charge in [0.05, 0.1) is 13.1 Å². The maximum absolute atomic E-state index is 13.3. The predicted octanol–water partition coefficient (Wildman–Crippen LogP) is 2.26. The molecule has 2 aliphatic rings. The third-order valence-corrected chi connectivity index (χ3v) is 6.60. The molecule has 0 aliphatic carbocycles. The van der Waals surface area contributed by atoms with Crippen LogP contribution in [-0.2, 0) is 20.9 Å². The van der Waals surface area contributed by atoms with Crippen LogP contribution >= 0.6 is 0 Å². The fraction of sp³-hybridized carbons (Fsp3) is 0.600. The van der Waals surface area contributed by atoms with Gasteiger partial charge in [-0.25, -0.2) is 14.8 Å². The Morgan fingerprint density at radius 3 is 2.49 bits per heavy atom. The van der Waals surface area contributed by atoms with Crippen molar-refractivity contribution < 1.29 is 24.3 Å². The molecule has 0 radical (unpaired) electrons. The summed E-state index contributed by atoms with van der Waals surface area (Å²) in [5.41, 5.74) is 0.945. The van der Waals surface area contributed by atoms with E-state index in [1.165, 1.54) is 9.91 Å². The highest BCUT2D eigenvalue weighted by Crippen LogP contribution is 2.28. The highest BCUT2D eigenvalue weighted by Gasteiger charge is 2.50. The van der Waals surface area contributed by atoms with E-state index in [4.69, 9.17) is 0 Å². The number of aliphatic carboxylic acids is 1. The lowest BCUT2D eigenvalue weighted by Crippen LogP contribution is -2.76. The highest BCUT2D eigenvalue weighted by molar-refractivity contribution is 5.91. The van der Waals surface area contributed by atoms with Gasteiger partial charge < -0.3 is 20.2 Å². The number of hydrogen-bond donors (Lipinski definition) is 2. The third kappa shape index (κ3) is 6.72. The van der Waals surface area contributed by atoms with Crippen molar-refractivity contribution >= 4 is 23.8 Å². The number of hydrazine groups is 1. The number of nitrogens with one attached hydrogen (secondary N) is 1. The van der Waals surface area contributed by atoms with E-state index in [2.05, 4.69) is 12.2 Å². The number of piperazine rings is 1. The first kappa shape index (κ1) is 26.5. The molecule has 2 heterocycles. The fourth-order valence-corrected chi connectivity index (χ4v) is 4.80. The second-order valence-electron chi connectivity index (χ2n) is 9.23. The van der Waals surface area contributed by atoms with Crippen molar-refractivity contribution in [1.29, 1.82) is 0 Å². The standard InChI is InChI=1S/C25H37N5O5/c1-3-4-5-6-10-15-28-17-21-29(20(24(28)34)13-14-23(32)33)22(31)18-27(2)30(21)25(35)26-16-19-11-8-7-9-12-19/h7-9,11-12,20-21H,3-6,10,13-18H2,1-2H3,(H,26,35)(H,32,33)/t20?,21-/m0/s1. The average Bonchev–Trinajstić information content (AvgIpc) is 2.83. The number of carboxylic acids is 1. The summed E-state index contributed by atoms with van der Waals surface area (Å²) in [6.07, 6.45) is 4.27. The van der Waals surface area contributed by atoms with E-state index in [1.807, 2.05) is 30.3 Å². The lowest BCUT2D eigenvalue weighted by atomic mass is 10.0. The van der Waals surface area contributed by atoms with Gasteiger partial charge in [-0.15, -0.1) is 0 Å². The molecule has 4 amide bonds. The van der Waals surface area contributed by atoms with Crippen molar-refractivity contribution in [1.82, 2.24) is 25.1 Å². The van der Waals surface area contributed by atoms with Gasteiger partial charge >= 0.3 is 12.0 Å². The summed E-state index contributed by atoms with van der Waals surface area (Å²) in [6, 6.07) is 8.26. The molecule has 35 heavy (non-hydrogen) atoms. The predicted molar refractivity (Wildman–Crippen MR) is 130 cm³/mol. The molecule has 0 aromatic heterocycles. The van der Waals surface area contributed by atoms with Crippen LogP contribution in [0.25, 0.3) is 0 Å². The van der Waals surface area contributed by atoms with Gasteiger partial charge in [-0.3, -0.25) is 14.4 Å². The van der Waals surface area contributed by atoms with Crippen molar-refractivity contribution in [2.24, 2.45) is 0 Å². The molecule has 0 saturated carbocycles. The Kier molecular flexibility index (Phi) is 9.47. The molecule has 192 valence electrons. The monoisotopic (exact) mass is 487 g/mol. The van der Waals surface area contributed by atoms with E-state index >= 15 is 0 Å². The number of fused-ring (bicyclic) bond motifs is 1. The Morgan fingerprint density at radius 1 is 1.09 bits per heavy atom. The summed E-state index contributed by atoms with van der Waals surface area (Å²) >= 11 is 0. The fourth-order valence-electron chi connectivity index (χ4n) is 4.80. The van der Waals surface area contributed by atoms with Crippen molar-refractivity contribution in [3.63, 3.8) is 0 Å². The van der Waals surface area contributed by atoms with Crippen LogP contribution in [0.3, 0.4) is 0 Å². The zero-order valence-corrected chi connectivity index (χ0v) is 20.7. The van der Waals surface area contributed by atoms with Crippen LogP contribution in [0.4, 0.5) is 4.79 Å². The van der Waals surface area contributed by atoms with Gasteiger partial charge in [0.1, 0.15) is 12.2 Å². The van der Waals surface area contributed by atoms with Crippen LogP contribution in [0.5, 0.6) is 0 Å². The maximum atomic E-state index is 13.3. The molecule has 3 rings (SSSR count). The highest BCUT2D eigenvalue weighted by atomic mass is 16.4. The summed E-state index contributed by atoms with van der Waals surface area (Å²) in [7, 11) is 1.68. The summed E-state index contributed by atoms with van der Waals surface area (Å²) in [4.78, 5) is 54.0. The smallest absolute Gasteiger partial charge is 0.334 e. The van der Waals surface area contributed by atoms with E-state index in [9.17, 15) is 24.3 Å². The summed E-state index contributed by atoms with van der Waals surface area (Å²) in [5, 5.41) is 15.2. The molecule has 0 bridgehead atoms. The molecule has 1 aromatic carbocycles. The molecular weight excluding hydrogens is 450 g/mol. The second kappa shape index (κ2) is 12.5. The quantitative estimate of drug-likeness (QED) is 0.463. The van der Waals surface area contributed by atoms with E-state index in [0.29, 0.717) is 13.1 Å². The Bertz CT molecular complexity index is 895. The summed E-state index contributed by atoms with van der Waals surface area (Å²) in [5.74, 6) is -1.54. The van der Waals surface area contributed by atoms with Crippen LogP contribution in [0.2, 0.25) is 0 Å². The number of carboxylic acid groups (broad SMARTS) is 1. The van der Waals surface area contributed by atoms with Gasteiger partial charge in [-0.2, -0.15) is 0 Å². The normalized spacial score (nSPS) is 20.7. The molecule has 2 aliphatic heterocycles. The number of hydrogen-bond acceptors (Lipinski definition) is 5. The SMILES string of the molecule is CCCCCCCN1C[C@H]2N(C(=O)CN(C)N2C(=O)NCc2ccccc2)C(CCC(=O)O)C1=O. The number of unbranched alkanes of at least 4 members (excludes halogenated alkanes) is 4. The number of carbonyl (C=O) groups is 4. The van der Waals surface area contributed by atoms with Gasteiger partial charge in [-0.05, 0) is 18.4 Å². The molecule has 2 N–H and O–H groups in total. The van der Waals surface area contributed by atoms with Crippen LogP contribution in [0, 0.1) is 0 Å². The number of urea groups is 1. The average molecular weight is 488 g/mol. The minimum atomic E-state index is -1.02. The van der Waals surface area contributed by atoms with Crippen LogP contribution in [0.15, 0.2) is 30.3 Å². The van der Waals surface area contributed by atoms with E-state index in [1.54, 1.807) is 17.0 Å². The Labute approximate surface area is 206 Å². The number of rotatable bonds is 11. The number of amides is 4. The molecule has 2 saturated heterocycles.